The number of amides is 2. The van der Waals surface area contributed by atoms with Crippen molar-refractivity contribution in [3.05, 3.63) is 70.7 Å². The number of anilines is 1. The minimum atomic E-state index is -0.456. The van der Waals surface area contributed by atoms with Crippen LogP contribution in [0.25, 0.3) is 11.3 Å². The van der Waals surface area contributed by atoms with Crippen molar-refractivity contribution in [2.75, 3.05) is 37.5 Å². The van der Waals surface area contributed by atoms with Gasteiger partial charge in [-0.15, -0.1) is 11.8 Å². The molecule has 36 heavy (non-hydrogen) atoms. The Morgan fingerprint density at radius 3 is 2.53 bits per heavy atom. The van der Waals surface area contributed by atoms with E-state index in [-0.39, 0.29) is 29.4 Å². The molecule has 0 fully saturated rings. The van der Waals surface area contributed by atoms with Crippen LogP contribution in [-0.2, 0) is 19.9 Å². The largest absolute Gasteiger partial charge is 0.383 e. The highest BCUT2D eigenvalue weighted by molar-refractivity contribution is 8.00. The Morgan fingerprint density at radius 2 is 1.86 bits per heavy atom. The fourth-order valence-corrected chi connectivity index (χ4v) is 5.76. The second-order valence-electron chi connectivity index (χ2n) is 9.57. The molecular weight excluding hydrogens is 496 g/mol. The summed E-state index contributed by atoms with van der Waals surface area (Å²) in [5.74, 6) is 0.426. The fourth-order valence-electron chi connectivity index (χ4n) is 4.22. The first-order chi connectivity index (χ1) is 17.2. The van der Waals surface area contributed by atoms with Gasteiger partial charge in [0, 0.05) is 29.8 Å². The second kappa shape index (κ2) is 11.1. The molecule has 2 heterocycles. The van der Waals surface area contributed by atoms with Crippen molar-refractivity contribution in [2.45, 2.75) is 31.6 Å². The average molecular weight is 527 g/mol. The SMILES string of the molecule is COCCNC(=O)CN1C(=O)CS[C@H](c2ccccc2Cl)c2c(-c3ccccc3)nn(C(C)(C)C)c21. The van der Waals surface area contributed by atoms with Crippen molar-refractivity contribution in [1.29, 1.82) is 0 Å². The number of carbonyl (C=O) groups excluding carboxylic acids is 2. The lowest BCUT2D eigenvalue weighted by Gasteiger charge is -2.28. The summed E-state index contributed by atoms with van der Waals surface area (Å²) in [6.07, 6.45) is 0. The van der Waals surface area contributed by atoms with Crippen LogP contribution in [0.4, 0.5) is 5.82 Å². The molecule has 0 saturated carbocycles. The van der Waals surface area contributed by atoms with Crippen LogP contribution in [0.5, 0.6) is 0 Å². The Bertz CT molecular complexity index is 1240. The topological polar surface area (TPSA) is 76.5 Å². The summed E-state index contributed by atoms with van der Waals surface area (Å²) in [5.41, 5.74) is 3.05. The van der Waals surface area contributed by atoms with Crippen LogP contribution in [-0.4, -0.2) is 54.2 Å². The predicted octanol–water partition coefficient (Wildman–Crippen LogP) is 4.89. The van der Waals surface area contributed by atoms with Crippen LogP contribution in [0.1, 0.15) is 37.1 Å². The fraction of sp³-hybridized carbons (Fsp3) is 0.370. The van der Waals surface area contributed by atoms with Gasteiger partial charge in [-0.2, -0.15) is 5.10 Å². The number of nitrogens with one attached hydrogen (secondary N) is 1. The van der Waals surface area contributed by atoms with Gasteiger partial charge in [0.1, 0.15) is 12.4 Å². The van der Waals surface area contributed by atoms with Gasteiger partial charge in [-0.3, -0.25) is 14.5 Å². The number of ether oxygens (including phenoxy) is 1. The standard InChI is InChI=1S/C27H31ClN4O3S/c1-27(2,3)32-26-23(24(30-32)18-10-6-5-7-11-18)25(19-12-8-9-13-20(19)28)36-17-22(34)31(26)16-21(33)29-14-15-35-4/h5-13,25H,14-17H2,1-4H3,(H,29,33)/t25-/m1/s1. The van der Waals surface area contributed by atoms with Crippen LogP contribution >= 0.6 is 23.4 Å². The molecule has 0 unspecified atom stereocenters. The number of thioether (sulfide) groups is 1. The van der Waals surface area contributed by atoms with Gasteiger partial charge in [-0.25, -0.2) is 4.68 Å². The van der Waals surface area contributed by atoms with E-state index in [2.05, 4.69) is 5.32 Å². The zero-order valence-electron chi connectivity index (χ0n) is 21.0. The highest BCUT2D eigenvalue weighted by Crippen LogP contribution is 2.50. The first-order valence-corrected chi connectivity index (χ1v) is 13.3. The molecule has 3 aromatic rings. The van der Waals surface area contributed by atoms with E-state index in [0.717, 1.165) is 22.4 Å². The molecule has 1 aliphatic heterocycles. The molecule has 0 aliphatic carbocycles. The van der Waals surface area contributed by atoms with Gasteiger partial charge in [0.2, 0.25) is 11.8 Å². The molecule has 1 aromatic heterocycles. The molecular formula is C27H31ClN4O3S. The number of halogens is 1. The third kappa shape index (κ3) is 5.45. The molecule has 0 bridgehead atoms. The maximum Gasteiger partial charge on any atom is 0.240 e. The molecule has 1 N–H and O–H groups in total. The van der Waals surface area contributed by atoms with E-state index in [9.17, 15) is 9.59 Å². The lowest BCUT2D eigenvalue weighted by Crippen LogP contribution is -2.44. The molecule has 9 heteroatoms. The predicted molar refractivity (Wildman–Crippen MR) is 146 cm³/mol. The Balaban J connectivity index is 1.95. The Hall–Kier alpha value is -2.81. The summed E-state index contributed by atoms with van der Waals surface area (Å²) in [6, 6.07) is 17.6. The van der Waals surface area contributed by atoms with E-state index in [4.69, 9.17) is 21.4 Å². The van der Waals surface area contributed by atoms with E-state index in [1.165, 1.54) is 11.8 Å². The average Bonchev–Trinajstić information content (AvgIpc) is 3.19. The number of hydrogen-bond acceptors (Lipinski definition) is 5. The summed E-state index contributed by atoms with van der Waals surface area (Å²) in [4.78, 5) is 28.0. The number of aromatic nitrogens is 2. The van der Waals surface area contributed by atoms with Gasteiger partial charge in [0.05, 0.1) is 28.8 Å². The quantitative estimate of drug-likeness (QED) is 0.443. The van der Waals surface area contributed by atoms with Crippen LogP contribution in [0, 0.1) is 0 Å². The third-order valence-corrected chi connectivity index (χ3v) is 7.47. The van der Waals surface area contributed by atoms with E-state index in [1.54, 1.807) is 12.0 Å². The smallest absolute Gasteiger partial charge is 0.240 e. The van der Waals surface area contributed by atoms with Gasteiger partial charge in [-0.1, -0.05) is 60.1 Å². The van der Waals surface area contributed by atoms with E-state index in [0.29, 0.717) is 24.0 Å². The minimum Gasteiger partial charge on any atom is -0.383 e. The van der Waals surface area contributed by atoms with Crippen LogP contribution in [0.15, 0.2) is 54.6 Å². The zero-order chi connectivity index (χ0) is 25.9. The summed E-state index contributed by atoms with van der Waals surface area (Å²) < 4.78 is 6.92. The van der Waals surface area contributed by atoms with E-state index in [1.807, 2.05) is 80.1 Å². The third-order valence-electron chi connectivity index (χ3n) is 5.89. The Labute approximate surface area is 221 Å². The van der Waals surface area contributed by atoms with Crippen molar-refractivity contribution >= 4 is 41.0 Å². The molecule has 1 atom stereocenters. The second-order valence-corrected chi connectivity index (χ2v) is 11.1. The highest BCUT2D eigenvalue weighted by Gasteiger charge is 2.39. The summed E-state index contributed by atoms with van der Waals surface area (Å²) in [6.45, 7) is 6.78. The van der Waals surface area contributed by atoms with Gasteiger partial charge in [-0.05, 0) is 32.4 Å². The molecule has 7 nitrogen and oxygen atoms in total. The summed E-state index contributed by atoms with van der Waals surface area (Å²) in [7, 11) is 1.58. The van der Waals surface area contributed by atoms with E-state index < -0.39 is 5.54 Å². The Kier molecular flexibility index (Phi) is 8.07. The summed E-state index contributed by atoms with van der Waals surface area (Å²) >= 11 is 8.19. The maximum atomic E-state index is 13.6. The van der Waals surface area contributed by atoms with E-state index >= 15 is 0 Å². The number of carbonyl (C=O) groups is 2. The first-order valence-electron chi connectivity index (χ1n) is 11.8. The van der Waals surface area contributed by atoms with Crippen LogP contribution in [0.2, 0.25) is 5.02 Å². The van der Waals surface area contributed by atoms with Crippen molar-refractivity contribution < 1.29 is 14.3 Å². The first kappa shape index (κ1) is 26.3. The zero-order valence-corrected chi connectivity index (χ0v) is 22.5. The monoisotopic (exact) mass is 526 g/mol. The van der Waals surface area contributed by atoms with Crippen LogP contribution < -0.4 is 10.2 Å². The molecule has 4 rings (SSSR count). The van der Waals surface area contributed by atoms with Gasteiger partial charge >= 0.3 is 0 Å². The molecule has 0 spiro atoms. The van der Waals surface area contributed by atoms with Gasteiger partial charge < -0.3 is 10.1 Å². The number of methoxy groups -OCH3 is 1. The normalized spacial score (nSPS) is 16.0. The maximum absolute atomic E-state index is 13.6. The number of rotatable bonds is 7. The number of nitrogens with zero attached hydrogens (tertiary/aromatic N) is 3. The molecule has 190 valence electrons. The molecule has 0 radical (unpaired) electrons. The van der Waals surface area contributed by atoms with Crippen molar-refractivity contribution in [2.24, 2.45) is 0 Å². The van der Waals surface area contributed by atoms with Gasteiger partial charge in [0.15, 0.2) is 0 Å². The lowest BCUT2D eigenvalue weighted by molar-refractivity contribution is -0.123. The summed E-state index contributed by atoms with van der Waals surface area (Å²) in [5, 5.41) is 8.28. The number of benzene rings is 2. The van der Waals surface area contributed by atoms with Crippen molar-refractivity contribution in [3.8, 4) is 11.3 Å². The number of fused-ring (bicyclic) bond motifs is 1. The van der Waals surface area contributed by atoms with Crippen molar-refractivity contribution in [3.63, 3.8) is 0 Å². The van der Waals surface area contributed by atoms with Crippen molar-refractivity contribution in [1.82, 2.24) is 15.1 Å². The minimum absolute atomic E-state index is 0.110. The molecule has 2 amide bonds. The molecule has 0 saturated heterocycles. The molecule has 1 aliphatic rings. The molecule has 2 aromatic carbocycles. The lowest BCUT2D eigenvalue weighted by atomic mass is 9.99. The van der Waals surface area contributed by atoms with Crippen LogP contribution in [0.3, 0.4) is 0 Å². The Morgan fingerprint density at radius 1 is 1.17 bits per heavy atom. The number of hydrogen-bond donors (Lipinski definition) is 1. The van der Waals surface area contributed by atoms with Gasteiger partial charge in [0.25, 0.3) is 0 Å². The highest BCUT2D eigenvalue weighted by atomic mass is 35.5.